The average molecular weight is 570 g/mol. The van der Waals surface area contributed by atoms with E-state index in [1.54, 1.807) is 0 Å². The molecule has 1 fully saturated rings. The molecule has 1 aliphatic rings. The van der Waals surface area contributed by atoms with Gasteiger partial charge in [0.2, 0.25) is 0 Å². The molecule has 2 rings (SSSR count). The van der Waals surface area contributed by atoms with Crippen molar-refractivity contribution in [1.82, 2.24) is 30.4 Å². The van der Waals surface area contributed by atoms with Crippen LogP contribution in [-0.2, 0) is 30.1 Å². The predicted molar refractivity (Wildman–Crippen MR) is 89.9 cm³/mol. The molecule has 5 N–H and O–H groups in total. The van der Waals surface area contributed by atoms with Gasteiger partial charge in [0, 0.05) is 45.6 Å². The molecule has 0 bridgehead atoms. The van der Waals surface area contributed by atoms with Crippen molar-refractivity contribution >= 4 is 0 Å². The Hall–Kier alpha value is -0.236. The van der Waals surface area contributed by atoms with Crippen molar-refractivity contribution in [2.75, 3.05) is 52.4 Å². The third-order valence-corrected chi connectivity index (χ3v) is 3.90. The van der Waals surface area contributed by atoms with Crippen LogP contribution in [0.3, 0.4) is 0 Å². The number of imidazole rings is 1. The summed E-state index contributed by atoms with van der Waals surface area (Å²) in [5, 5.41) is 10.5. The van der Waals surface area contributed by atoms with Gasteiger partial charge in [0.15, 0.2) is 0 Å². The van der Waals surface area contributed by atoms with Gasteiger partial charge < -0.3 is 26.0 Å². The number of aryl methyl sites for hydroxylation is 1. The average Bonchev–Trinajstić information content (AvgIpc) is 3.00. The predicted octanol–water partition coefficient (Wildman–Crippen LogP) is -10.6. The van der Waals surface area contributed by atoms with Crippen molar-refractivity contribution in [3.8, 4) is 0 Å². The number of hydrogen-bond acceptors (Lipinski definition) is 13. The van der Waals surface area contributed by atoms with Gasteiger partial charge >= 0.3 is 16.5 Å². The Labute approximate surface area is 207 Å². The molecule has 1 saturated heterocycles. The van der Waals surface area contributed by atoms with Crippen molar-refractivity contribution < 1.29 is 79.7 Å². The summed E-state index contributed by atoms with van der Waals surface area (Å²) >= 11 is 0. The zero-order valence-electron chi connectivity index (χ0n) is 18.1. The molecule has 0 atom stereocenters. The molecule has 0 amide bonds. The molecule has 0 spiro atoms. The zero-order chi connectivity index (χ0) is 23.8. The number of nitrogens with zero attached hydrogens (tertiary/aromatic N) is 3. The van der Waals surface area contributed by atoms with Crippen LogP contribution in [0.1, 0.15) is 18.7 Å². The summed E-state index contributed by atoms with van der Waals surface area (Å²) in [6.07, 6.45) is 6.28. The normalized spacial score (nSPS) is 17.0. The third-order valence-electron chi connectivity index (χ3n) is 3.90. The number of aromatic nitrogens is 2. The van der Waals surface area contributed by atoms with Crippen LogP contribution in [0.25, 0.3) is 0 Å². The SMILES string of the molecule is Cn1ccnc1CN1CCCNCCNCCCNCC1.O.[Ni+2].[O-][Cl+3]([O-])([O-])[O-].[O-][Cl+3]([O-])([O-])[O-]. The van der Waals surface area contributed by atoms with E-state index < -0.39 is 20.5 Å². The summed E-state index contributed by atoms with van der Waals surface area (Å²) in [4.78, 5) is 6.94. The maximum atomic E-state index is 8.49. The maximum absolute atomic E-state index is 8.49. The van der Waals surface area contributed by atoms with Gasteiger partial charge in [0.05, 0.1) is 6.54 Å². The summed E-state index contributed by atoms with van der Waals surface area (Å²) in [5.41, 5.74) is 0. The second-order valence-electron chi connectivity index (χ2n) is 6.44. The first kappa shape index (κ1) is 37.3. The molecule has 1 aliphatic heterocycles. The Morgan fingerprint density at radius 3 is 1.70 bits per heavy atom. The Bertz CT molecular complexity index is 529. The fraction of sp³-hybridized carbons (Fsp3) is 0.800. The first-order valence-electron chi connectivity index (χ1n) is 9.40. The van der Waals surface area contributed by atoms with Crippen LogP contribution in [0.15, 0.2) is 12.4 Å². The summed E-state index contributed by atoms with van der Waals surface area (Å²) < 4.78 is 70.1. The number of hydrogen-bond donors (Lipinski definition) is 3. The monoisotopic (exact) mass is 568 g/mol. The Kier molecular flexibility index (Phi) is 23.8. The Morgan fingerprint density at radius 1 is 0.788 bits per heavy atom. The third kappa shape index (κ3) is 31.8. The molecule has 0 aliphatic carbocycles. The van der Waals surface area contributed by atoms with Gasteiger partial charge in [0.25, 0.3) is 0 Å². The van der Waals surface area contributed by atoms with E-state index in [1.807, 2.05) is 12.4 Å². The fourth-order valence-electron chi connectivity index (χ4n) is 2.57. The molecule has 0 aromatic carbocycles. The van der Waals surface area contributed by atoms with Crippen LogP contribution < -0.4 is 53.2 Å². The smallest absolute Gasteiger partial charge is 0.412 e. The molecular formula is C15H32Cl2N6NiO9. The minimum atomic E-state index is -4.94. The second-order valence-corrected chi connectivity index (χ2v) is 7.96. The largest absolute Gasteiger partial charge is 2.00 e. The van der Waals surface area contributed by atoms with Crippen LogP contribution >= 0.6 is 0 Å². The maximum Gasteiger partial charge on any atom is 2.00 e. The summed E-state index contributed by atoms with van der Waals surface area (Å²) in [6.45, 7) is 9.61. The Morgan fingerprint density at radius 2 is 1.24 bits per heavy atom. The van der Waals surface area contributed by atoms with Crippen LogP contribution in [0.5, 0.6) is 0 Å². The standard InChI is InChI=1S/C15H30N6.2ClHO4.Ni.H2O/c1-20-12-10-19-15(20)14-21-11-3-6-17-8-7-16-4-2-5-18-9-13-21;2*2-1(3,4)5;;/h10,12,16-18H,2-9,11,13-14H2,1H3;2*(H,2,3,4,5);;1H2/q;;;+2;/p-2. The van der Waals surface area contributed by atoms with E-state index in [4.69, 9.17) is 37.3 Å². The molecule has 200 valence electrons. The topological polar surface area (TPSA) is 273 Å². The van der Waals surface area contributed by atoms with Crippen molar-refractivity contribution in [2.24, 2.45) is 7.05 Å². The van der Waals surface area contributed by atoms with Gasteiger partial charge in [-0.25, -0.2) is 42.3 Å². The minimum Gasteiger partial charge on any atom is -0.412 e. The molecular weight excluding hydrogens is 538 g/mol. The Balaban J connectivity index is -0.000000636. The van der Waals surface area contributed by atoms with E-state index in [0.29, 0.717) is 0 Å². The van der Waals surface area contributed by atoms with Crippen LogP contribution in [0, 0.1) is 20.5 Å². The van der Waals surface area contributed by atoms with E-state index in [1.165, 1.54) is 12.8 Å². The first-order chi connectivity index (χ1) is 14.4. The summed E-state index contributed by atoms with van der Waals surface area (Å²) in [6, 6.07) is 0. The van der Waals surface area contributed by atoms with Crippen LogP contribution in [0.2, 0.25) is 0 Å². The molecule has 33 heavy (non-hydrogen) atoms. The molecule has 0 radical (unpaired) electrons. The van der Waals surface area contributed by atoms with Crippen LogP contribution in [0.4, 0.5) is 0 Å². The van der Waals surface area contributed by atoms with Crippen LogP contribution in [-0.4, -0.2) is 72.3 Å². The molecule has 15 nitrogen and oxygen atoms in total. The van der Waals surface area contributed by atoms with E-state index in [2.05, 4.69) is 37.4 Å². The second kappa shape index (κ2) is 21.1. The van der Waals surface area contributed by atoms with E-state index in [0.717, 1.165) is 64.7 Å². The van der Waals surface area contributed by atoms with E-state index in [9.17, 15) is 0 Å². The zero-order valence-corrected chi connectivity index (χ0v) is 20.6. The van der Waals surface area contributed by atoms with Gasteiger partial charge in [0.1, 0.15) is 5.82 Å². The number of rotatable bonds is 2. The van der Waals surface area contributed by atoms with E-state index >= 15 is 0 Å². The first-order valence-corrected chi connectivity index (χ1v) is 11.9. The molecule has 1 aromatic rings. The van der Waals surface area contributed by atoms with Gasteiger partial charge in [-0.15, -0.1) is 20.5 Å². The van der Waals surface area contributed by atoms with Crippen molar-refractivity contribution in [1.29, 1.82) is 0 Å². The molecule has 0 unspecified atom stereocenters. The van der Waals surface area contributed by atoms with Gasteiger partial charge in [-0.3, -0.25) is 4.90 Å². The van der Waals surface area contributed by atoms with Gasteiger partial charge in [-0.2, -0.15) is 0 Å². The molecule has 18 heteroatoms. The summed E-state index contributed by atoms with van der Waals surface area (Å²) in [5.74, 6) is 1.15. The number of halogens is 2. The minimum absolute atomic E-state index is 0. The fourth-order valence-corrected chi connectivity index (χ4v) is 2.57. The molecule has 1 aromatic heterocycles. The quantitative estimate of drug-likeness (QED) is 0.279. The van der Waals surface area contributed by atoms with Gasteiger partial charge in [-0.1, -0.05) is 0 Å². The molecule has 2 heterocycles. The number of nitrogens with one attached hydrogen (secondary N) is 3. The molecule has 0 saturated carbocycles. The van der Waals surface area contributed by atoms with Crippen molar-refractivity contribution in [3.63, 3.8) is 0 Å². The summed E-state index contributed by atoms with van der Waals surface area (Å²) in [7, 11) is -7.82. The van der Waals surface area contributed by atoms with Gasteiger partial charge in [-0.05, 0) is 39.0 Å². The van der Waals surface area contributed by atoms with Crippen molar-refractivity contribution in [3.05, 3.63) is 18.2 Å². The van der Waals surface area contributed by atoms with E-state index in [-0.39, 0.29) is 22.0 Å². The van der Waals surface area contributed by atoms with Crippen molar-refractivity contribution in [2.45, 2.75) is 19.4 Å².